The monoisotopic (exact) mass is 1020 g/mol. The molecule has 0 saturated carbocycles. The zero-order valence-corrected chi connectivity index (χ0v) is 45.8. The highest BCUT2D eigenvalue weighted by Crippen LogP contribution is 2.55. The molecule has 0 unspecified atom stereocenters. The summed E-state index contributed by atoms with van der Waals surface area (Å²) in [5.41, 5.74) is 30.7. The van der Waals surface area contributed by atoms with E-state index in [1.54, 1.807) is 0 Å². The summed E-state index contributed by atoms with van der Waals surface area (Å²) in [5, 5.41) is 4.93. The van der Waals surface area contributed by atoms with Crippen LogP contribution in [0.15, 0.2) is 243 Å². The van der Waals surface area contributed by atoms with Crippen molar-refractivity contribution in [3.8, 4) is 55.6 Å². The highest BCUT2D eigenvalue weighted by atomic mass is 15.2. The lowest BCUT2D eigenvalue weighted by Gasteiger charge is -2.29. The molecule has 16 rings (SSSR count). The van der Waals surface area contributed by atoms with Crippen LogP contribution in [0.3, 0.4) is 0 Å². The molecule has 12 aromatic rings. The van der Waals surface area contributed by atoms with E-state index in [-0.39, 0.29) is 10.8 Å². The number of fused-ring (bicyclic) bond motifs is 12. The molecule has 2 heterocycles. The Balaban J connectivity index is 0.998. The first-order valence-electron chi connectivity index (χ1n) is 28.7. The SMILES string of the molecule is CC1(C)c2ccccc2-c2ccc(-c3cccc(-c4c5ccc(N6c7ccccc7CCc7ccccc76)cc5c(-c5ccc6c(c5)C(C)(C)c5ccccc5-6)c5ccc(N6c7ccccc7CCc7ccccc76)cc45)c3)cc21. The lowest BCUT2D eigenvalue weighted by molar-refractivity contribution is 0.660. The standard InChI is InChI=1S/C78H60N2/c1-77(2)67-26-11-9-24-59(67)61-40-36-54(45-69(61)77)53-22-17-23-55(44-53)75-63-42-38-58(80-73-30-15-7-20-51(73)34-35-52-21-8-16-31-74(52)80)48-66(63)76(56-37-41-62-60-25-10-12-27-68(60)78(3,4)70(62)46-56)64-43-39-57(47-65(64)75)79-71-28-13-5-18-49(71)32-33-50-19-6-14-29-72(50)79/h5-31,36-48H,32-35H2,1-4H3. The maximum Gasteiger partial charge on any atom is 0.0493 e. The molecule has 2 heteroatoms. The summed E-state index contributed by atoms with van der Waals surface area (Å²) in [6.07, 6.45) is 3.96. The first-order valence-corrected chi connectivity index (χ1v) is 28.7. The highest BCUT2D eigenvalue weighted by molar-refractivity contribution is 6.23. The quantitative estimate of drug-likeness (QED) is 0.159. The Morgan fingerprint density at radius 2 is 0.613 bits per heavy atom. The molecule has 0 saturated heterocycles. The Labute approximate surface area is 469 Å². The number of hydrogen-bond donors (Lipinski definition) is 0. The second kappa shape index (κ2) is 17.6. The summed E-state index contributed by atoms with van der Waals surface area (Å²) in [6.45, 7) is 9.58. The van der Waals surface area contributed by atoms with E-state index in [2.05, 4.69) is 280 Å². The van der Waals surface area contributed by atoms with Gasteiger partial charge in [0.2, 0.25) is 0 Å². The van der Waals surface area contributed by atoms with E-state index in [1.807, 2.05) is 0 Å². The van der Waals surface area contributed by atoms with Gasteiger partial charge in [0.15, 0.2) is 0 Å². The summed E-state index contributed by atoms with van der Waals surface area (Å²) in [7, 11) is 0. The van der Waals surface area contributed by atoms with Crippen LogP contribution in [0.2, 0.25) is 0 Å². The van der Waals surface area contributed by atoms with Crippen molar-refractivity contribution in [3.63, 3.8) is 0 Å². The van der Waals surface area contributed by atoms with Crippen LogP contribution in [0, 0.1) is 0 Å². The van der Waals surface area contributed by atoms with Gasteiger partial charge in [0.1, 0.15) is 0 Å². The first kappa shape index (κ1) is 46.8. The lowest BCUT2D eigenvalue weighted by atomic mass is 9.80. The second-order valence-electron chi connectivity index (χ2n) is 23.8. The second-order valence-corrected chi connectivity index (χ2v) is 23.8. The molecule has 12 aromatic carbocycles. The molecule has 0 amide bonds. The molecule has 80 heavy (non-hydrogen) atoms. The maximum atomic E-state index is 2.54. The van der Waals surface area contributed by atoms with Crippen molar-refractivity contribution in [2.45, 2.75) is 64.2 Å². The van der Waals surface area contributed by atoms with E-state index in [1.165, 1.54) is 144 Å². The van der Waals surface area contributed by atoms with Gasteiger partial charge in [-0.2, -0.15) is 0 Å². The molecule has 0 bridgehead atoms. The van der Waals surface area contributed by atoms with Gasteiger partial charge in [0.25, 0.3) is 0 Å². The fourth-order valence-corrected chi connectivity index (χ4v) is 14.8. The van der Waals surface area contributed by atoms with Crippen LogP contribution in [0.1, 0.15) is 72.2 Å². The van der Waals surface area contributed by atoms with Crippen LogP contribution < -0.4 is 9.80 Å². The minimum Gasteiger partial charge on any atom is -0.310 e. The Kier molecular flexibility index (Phi) is 10.3. The van der Waals surface area contributed by atoms with E-state index in [0.29, 0.717) is 0 Å². The Morgan fingerprint density at radius 1 is 0.263 bits per heavy atom. The van der Waals surface area contributed by atoms with Crippen molar-refractivity contribution in [1.29, 1.82) is 0 Å². The van der Waals surface area contributed by atoms with Crippen molar-refractivity contribution in [2.75, 3.05) is 9.80 Å². The van der Waals surface area contributed by atoms with Gasteiger partial charge in [0.05, 0.1) is 0 Å². The van der Waals surface area contributed by atoms with Crippen LogP contribution in [-0.4, -0.2) is 0 Å². The van der Waals surface area contributed by atoms with Crippen molar-refractivity contribution >= 4 is 55.7 Å². The zero-order valence-electron chi connectivity index (χ0n) is 45.8. The molecular weight excluding hydrogens is 965 g/mol. The topological polar surface area (TPSA) is 6.48 Å². The summed E-state index contributed by atoms with van der Waals surface area (Å²) >= 11 is 0. The third kappa shape index (κ3) is 6.97. The van der Waals surface area contributed by atoms with Crippen molar-refractivity contribution in [1.82, 2.24) is 0 Å². The van der Waals surface area contributed by atoms with Crippen LogP contribution in [0.25, 0.3) is 77.2 Å². The molecule has 4 aliphatic rings. The van der Waals surface area contributed by atoms with Gasteiger partial charge < -0.3 is 9.80 Å². The number of para-hydroxylation sites is 4. The lowest BCUT2D eigenvalue weighted by Crippen LogP contribution is -2.15. The van der Waals surface area contributed by atoms with Crippen LogP contribution in [0.4, 0.5) is 34.1 Å². The molecule has 0 fully saturated rings. The average Bonchev–Trinajstić information content (AvgIpc) is 3.73. The minimum absolute atomic E-state index is 0.107. The number of hydrogen-bond acceptors (Lipinski definition) is 2. The predicted octanol–water partition coefficient (Wildman–Crippen LogP) is 20.7. The third-order valence-corrected chi connectivity index (χ3v) is 18.8. The molecule has 0 N–H and O–H groups in total. The molecule has 0 radical (unpaired) electrons. The largest absolute Gasteiger partial charge is 0.310 e. The number of benzene rings is 12. The molecule has 2 aliphatic carbocycles. The van der Waals surface area contributed by atoms with Gasteiger partial charge in [-0.25, -0.2) is 0 Å². The van der Waals surface area contributed by atoms with Crippen molar-refractivity contribution in [2.24, 2.45) is 0 Å². The van der Waals surface area contributed by atoms with Gasteiger partial charge in [-0.1, -0.05) is 204 Å². The molecule has 0 atom stereocenters. The molecule has 2 aliphatic heterocycles. The van der Waals surface area contributed by atoms with Gasteiger partial charge >= 0.3 is 0 Å². The van der Waals surface area contributed by atoms with Crippen molar-refractivity contribution in [3.05, 3.63) is 287 Å². The van der Waals surface area contributed by atoms with Gasteiger partial charge in [-0.3, -0.25) is 0 Å². The van der Waals surface area contributed by atoms with E-state index in [9.17, 15) is 0 Å². The van der Waals surface area contributed by atoms with E-state index in [4.69, 9.17) is 0 Å². The summed E-state index contributed by atoms with van der Waals surface area (Å²) in [6, 6.07) is 92.9. The summed E-state index contributed by atoms with van der Waals surface area (Å²) in [5.74, 6) is 0. The third-order valence-electron chi connectivity index (χ3n) is 18.8. The number of nitrogens with zero attached hydrogens (tertiary/aromatic N) is 2. The minimum atomic E-state index is -0.172. The number of aryl methyl sites for hydroxylation is 4. The molecule has 0 spiro atoms. The van der Waals surface area contributed by atoms with E-state index >= 15 is 0 Å². The van der Waals surface area contributed by atoms with E-state index < -0.39 is 0 Å². The molecule has 2 nitrogen and oxygen atoms in total. The predicted molar refractivity (Wildman–Crippen MR) is 337 cm³/mol. The summed E-state index contributed by atoms with van der Waals surface area (Å²) in [4.78, 5) is 5.08. The highest BCUT2D eigenvalue weighted by Gasteiger charge is 2.37. The van der Waals surface area contributed by atoms with Gasteiger partial charge in [-0.05, 0) is 214 Å². The van der Waals surface area contributed by atoms with E-state index in [0.717, 1.165) is 37.1 Å². The van der Waals surface area contributed by atoms with Crippen molar-refractivity contribution < 1.29 is 0 Å². The molecule has 0 aromatic heterocycles. The molecule has 382 valence electrons. The van der Waals surface area contributed by atoms with Gasteiger partial charge in [0, 0.05) is 45.0 Å². The van der Waals surface area contributed by atoms with Crippen LogP contribution in [0.5, 0.6) is 0 Å². The van der Waals surface area contributed by atoms with Crippen LogP contribution in [-0.2, 0) is 36.5 Å². The zero-order chi connectivity index (χ0) is 53.4. The Bertz CT molecular complexity index is 4470. The summed E-state index contributed by atoms with van der Waals surface area (Å²) < 4.78 is 0. The maximum absolute atomic E-state index is 2.54. The first-order chi connectivity index (χ1) is 39.2. The fraction of sp³-hybridized carbons (Fsp3) is 0.128. The van der Waals surface area contributed by atoms with Gasteiger partial charge in [-0.15, -0.1) is 0 Å². The number of anilines is 6. The smallest absolute Gasteiger partial charge is 0.0493 e. The molecular formula is C78H60N2. The van der Waals surface area contributed by atoms with Crippen LogP contribution >= 0.6 is 0 Å². The normalized spacial score (nSPS) is 14.9. The Morgan fingerprint density at radius 3 is 1.07 bits per heavy atom. The Hall–Kier alpha value is -9.24. The fourth-order valence-electron chi connectivity index (χ4n) is 14.8. The number of rotatable bonds is 5. The average molecular weight is 1030 g/mol.